The Hall–Kier alpha value is -1.92. The van der Waals surface area contributed by atoms with Gasteiger partial charge in [-0.2, -0.15) is 0 Å². The number of β-lactam (4-membered cyclic amide) rings is 1. The van der Waals surface area contributed by atoms with Gasteiger partial charge in [-0.3, -0.25) is 14.5 Å². The molecule has 1 aromatic rings. The van der Waals surface area contributed by atoms with Crippen LogP contribution in [0.3, 0.4) is 0 Å². The zero-order valence-corrected chi connectivity index (χ0v) is 22.8. The number of carbonyl (C=O) groups is 4. The molecular weight excluding hydrogens is 559 g/mol. The van der Waals surface area contributed by atoms with Crippen LogP contribution >= 0.6 is 46.6 Å². The van der Waals surface area contributed by atoms with Crippen molar-refractivity contribution in [3.05, 3.63) is 35.9 Å². The fraction of sp³-hybridized carbons (Fsp3) is 0.545. The molecule has 1 fully saturated rings. The molecule has 3 atom stereocenters. The van der Waals surface area contributed by atoms with Crippen molar-refractivity contribution >= 4 is 70.5 Å². The van der Waals surface area contributed by atoms with E-state index in [1.54, 1.807) is 45.0 Å². The van der Waals surface area contributed by atoms with Crippen LogP contribution < -0.4 is 5.32 Å². The average molecular weight is 586 g/mol. The standard InChI is InChI=1S/C22H27Cl3N2O8S/c1-21(2,3)35-19(31)17(30)27-16(29)15(26-14(28)11-13-7-5-4-6-8-13)18(27)36-10-9-33-20(32)34-12-22(23,24)25/h4-8,15,17-18,30H,9-12H2,1-3H3,(H,26,28)/t15-,17?,18-/m0/s1. The fourth-order valence-corrected chi connectivity index (χ4v) is 4.35. The number of halogens is 3. The summed E-state index contributed by atoms with van der Waals surface area (Å²) >= 11 is 17.6. The topological polar surface area (TPSA) is 131 Å². The van der Waals surface area contributed by atoms with Gasteiger partial charge in [0.25, 0.3) is 5.91 Å². The van der Waals surface area contributed by atoms with E-state index in [1.165, 1.54) is 0 Å². The van der Waals surface area contributed by atoms with Gasteiger partial charge in [0, 0.05) is 5.75 Å². The van der Waals surface area contributed by atoms with Crippen LogP contribution in [0.5, 0.6) is 0 Å². The van der Waals surface area contributed by atoms with E-state index in [4.69, 9.17) is 44.3 Å². The first-order valence-corrected chi connectivity index (χ1v) is 12.9. The first kappa shape index (κ1) is 30.3. The van der Waals surface area contributed by atoms with Crippen molar-refractivity contribution in [2.45, 2.75) is 54.2 Å². The van der Waals surface area contributed by atoms with Crippen LogP contribution in [0.4, 0.5) is 4.79 Å². The molecule has 36 heavy (non-hydrogen) atoms. The Morgan fingerprint density at radius 1 is 1.14 bits per heavy atom. The average Bonchev–Trinajstić information content (AvgIpc) is 2.76. The number of esters is 1. The maximum atomic E-state index is 12.8. The van der Waals surface area contributed by atoms with E-state index in [2.05, 4.69) is 10.1 Å². The number of ether oxygens (including phenoxy) is 3. The highest BCUT2D eigenvalue weighted by atomic mass is 35.6. The maximum absolute atomic E-state index is 12.8. The predicted molar refractivity (Wildman–Crippen MR) is 135 cm³/mol. The number of aliphatic hydroxyl groups excluding tert-OH is 1. The zero-order chi connectivity index (χ0) is 27.1. The van der Waals surface area contributed by atoms with Crippen LogP contribution in [0.25, 0.3) is 0 Å². The van der Waals surface area contributed by atoms with Crippen molar-refractivity contribution in [3.63, 3.8) is 0 Å². The van der Waals surface area contributed by atoms with Gasteiger partial charge in [0.2, 0.25) is 15.9 Å². The summed E-state index contributed by atoms with van der Waals surface area (Å²) in [6.45, 7) is 4.19. The Bertz CT molecular complexity index is 939. The number of amides is 2. The van der Waals surface area contributed by atoms with E-state index < -0.39 is 57.6 Å². The molecule has 200 valence electrons. The van der Waals surface area contributed by atoms with Crippen LogP contribution in [0, 0.1) is 0 Å². The van der Waals surface area contributed by atoms with E-state index in [0.717, 1.165) is 22.2 Å². The quantitative estimate of drug-likeness (QED) is 0.184. The summed E-state index contributed by atoms with van der Waals surface area (Å²) in [5, 5.41) is 12.3. The minimum absolute atomic E-state index is 0.0365. The van der Waals surface area contributed by atoms with Crippen LogP contribution in [0.2, 0.25) is 0 Å². The number of hydrogen-bond donors (Lipinski definition) is 2. The number of hydrogen-bond acceptors (Lipinski definition) is 9. The molecule has 0 radical (unpaired) electrons. The van der Waals surface area contributed by atoms with E-state index in [0.29, 0.717) is 0 Å². The Kier molecular flexibility index (Phi) is 11.0. The fourth-order valence-electron chi connectivity index (χ4n) is 3.01. The van der Waals surface area contributed by atoms with Crippen molar-refractivity contribution < 1.29 is 38.5 Å². The molecule has 0 bridgehead atoms. The second-order valence-corrected chi connectivity index (χ2v) is 12.4. The monoisotopic (exact) mass is 584 g/mol. The Labute approximate surface area is 227 Å². The summed E-state index contributed by atoms with van der Waals surface area (Å²) in [5.74, 6) is -1.95. The molecule has 1 aliphatic heterocycles. The second-order valence-electron chi connectivity index (χ2n) is 8.62. The lowest BCUT2D eigenvalue weighted by Gasteiger charge is -2.48. The molecule has 0 spiro atoms. The number of carbonyl (C=O) groups excluding carboxylic acids is 4. The normalized spacial score (nSPS) is 18.6. The molecule has 1 aliphatic rings. The van der Waals surface area contributed by atoms with Crippen LogP contribution in [0.15, 0.2) is 30.3 Å². The Balaban J connectivity index is 1.99. The number of rotatable bonds is 10. The molecule has 1 aromatic carbocycles. The number of likely N-dealkylation sites (tertiary alicyclic amines) is 1. The number of aliphatic hydroxyl groups is 1. The van der Waals surface area contributed by atoms with Crippen molar-refractivity contribution in [1.29, 1.82) is 0 Å². The lowest BCUT2D eigenvalue weighted by Crippen LogP contribution is -2.73. The third-order valence-electron chi connectivity index (χ3n) is 4.43. The minimum atomic E-state index is -1.88. The lowest BCUT2D eigenvalue weighted by molar-refractivity contribution is -0.189. The van der Waals surface area contributed by atoms with Gasteiger partial charge in [0.1, 0.15) is 30.2 Å². The zero-order valence-electron chi connectivity index (χ0n) is 19.7. The summed E-state index contributed by atoms with van der Waals surface area (Å²) in [6.07, 6.45) is -2.91. The number of thioether (sulfide) groups is 1. The first-order valence-electron chi connectivity index (χ1n) is 10.7. The summed E-state index contributed by atoms with van der Waals surface area (Å²) < 4.78 is 12.9. The molecular formula is C22H27Cl3N2O8S. The third-order valence-corrected chi connectivity index (χ3v) is 6.00. The predicted octanol–water partition coefficient (Wildman–Crippen LogP) is 2.80. The van der Waals surface area contributed by atoms with Crippen LogP contribution in [0.1, 0.15) is 26.3 Å². The second kappa shape index (κ2) is 13.0. The molecule has 0 aromatic heterocycles. The van der Waals surface area contributed by atoms with Crippen molar-refractivity contribution in [2.75, 3.05) is 19.0 Å². The van der Waals surface area contributed by atoms with Crippen molar-refractivity contribution in [1.82, 2.24) is 10.2 Å². The molecule has 1 heterocycles. The highest BCUT2D eigenvalue weighted by molar-refractivity contribution is 8.00. The molecule has 10 nitrogen and oxygen atoms in total. The summed E-state index contributed by atoms with van der Waals surface area (Å²) in [6, 6.07) is 7.91. The number of benzene rings is 1. The van der Waals surface area contributed by atoms with E-state index in [1.807, 2.05) is 6.07 Å². The number of nitrogens with zero attached hydrogens (tertiary/aromatic N) is 1. The van der Waals surface area contributed by atoms with Crippen molar-refractivity contribution in [3.8, 4) is 0 Å². The van der Waals surface area contributed by atoms with Gasteiger partial charge in [0.05, 0.1) is 6.42 Å². The smallest absolute Gasteiger partial charge is 0.457 e. The molecule has 0 saturated carbocycles. The van der Waals surface area contributed by atoms with Gasteiger partial charge in [-0.25, -0.2) is 9.59 Å². The van der Waals surface area contributed by atoms with E-state index >= 15 is 0 Å². The number of alkyl halides is 3. The molecule has 1 unspecified atom stereocenters. The number of nitrogens with one attached hydrogen (secondary N) is 1. The molecule has 2 amide bonds. The maximum Gasteiger partial charge on any atom is 0.508 e. The molecule has 1 saturated heterocycles. The molecule has 2 rings (SSSR count). The first-order chi connectivity index (χ1) is 16.7. The molecule has 14 heteroatoms. The van der Waals surface area contributed by atoms with Gasteiger partial charge in [-0.05, 0) is 26.3 Å². The molecule has 0 aliphatic carbocycles. The van der Waals surface area contributed by atoms with Crippen LogP contribution in [-0.4, -0.2) is 79.9 Å². The third kappa shape index (κ3) is 9.85. The SMILES string of the molecule is CC(C)(C)OC(=O)C(O)N1C(=O)[C@H](NC(=O)Cc2ccccc2)[C@@H]1SCCOC(=O)OCC(Cl)(Cl)Cl. The van der Waals surface area contributed by atoms with Crippen LogP contribution in [-0.2, 0) is 35.0 Å². The summed E-state index contributed by atoms with van der Waals surface area (Å²) in [4.78, 5) is 50.1. The Morgan fingerprint density at radius 2 is 1.78 bits per heavy atom. The van der Waals surface area contributed by atoms with E-state index in [9.17, 15) is 24.3 Å². The highest BCUT2D eigenvalue weighted by Gasteiger charge is 2.53. The summed E-state index contributed by atoms with van der Waals surface area (Å²) in [5.41, 5.74) is -0.142. The Morgan fingerprint density at radius 3 is 2.36 bits per heavy atom. The molecule has 2 N–H and O–H groups in total. The van der Waals surface area contributed by atoms with Gasteiger partial charge in [0.15, 0.2) is 0 Å². The van der Waals surface area contributed by atoms with Gasteiger partial charge in [-0.1, -0.05) is 65.1 Å². The highest BCUT2D eigenvalue weighted by Crippen LogP contribution is 2.32. The lowest BCUT2D eigenvalue weighted by atomic mass is 10.1. The van der Waals surface area contributed by atoms with Gasteiger partial charge >= 0.3 is 12.1 Å². The van der Waals surface area contributed by atoms with Gasteiger partial charge in [-0.15, -0.1) is 11.8 Å². The largest absolute Gasteiger partial charge is 0.508 e. The van der Waals surface area contributed by atoms with Gasteiger partial charge < -0.3 is 24.6 Å². The van der Waals surface area contributed by atoms with E-state index in [-0.39, 0.29) is 18.8 Å². The minimum Gasteiger partial charge on any atom is -0.457 e. The van der Waals surface area contributed by atoms with Crippen molar-refractivity contribution in [2.24, 2.45) is 0 Å². The summed E-state index contributed by atoms with van der Waals surface area (Å²) in [7, 11) is 0.